The normalized spacial score (nSPS) is 22.8. The van der Waals surface area contributed by atoms with Crippen molar-refractivity contribution in [1.82, 2.24) is 4.90 Å². The van der Waals surface area contributed by atoms with Gasteiger partial charge in [0.05, 0.1) is 0 Å². The summed E-state index contributed by atoms with van der Waals surface area (Å²) < 4.78 is 5.31. The highest BCUT2D eigenvalue weighted by Gasteiger charge is 2.28. The van der Waals surface area contributed by atoms with Crippen molar-refractivity contribution in [2.45, 2.75) is 33.1 Å². The van der Waals surface area contributed by atoms with E-state index in [0.29, 0.717) is 11.8 Å². The molecule has 0 unspecified atom stereocenters. The molecule has 0 aromatic heterocycles. The monoisotopic (exact) mass is 237 g/mol. The van der Waals surface area contributed by atoms with Crippen molar-refractivity contribution < 1.29 is 9.53 Å². The summed E-state index contributed by atoms with van der Waals surface area (Å²) in [5.41, 5.74) is 1.41. The van der Waals surface area contributed by atoms with E-state index in [1.54, 1.807) is 0 Å². The number of carbonyl (C=O) groups is 1. The van der Waals surface area contributed by atoms with Gasteiger partial charge in [0.2, 0.25) is 5.91 Å². The molecule has 2 rings (SSSR count). The van der Waals surface area contributed by atoms with Crippen molar-refractivity contribution in [2.75, 3.05) is 26.3 Å². The Morgan fingerprint density at radius 1 is 1.41 bits per heavy atom. The minimum Gasteiger partial charge on any atom is -0.381 e. The summed E-state index contributed by atoms with van der Waals surface area (Å²) in [5, 5.41) is 0. The second-order valence-corrected chi connectivity index (χ2v) is 5.37. The number of amides is 1. The zero-order valence-corrected chi connectivity index (χ0v) is 10.9. The Morgan fingerprint density at radius 3 is 2.76 bits per heavy atom. The minimum absolute atomic E-state index is 0.204. The first kappa shape index (κ1) is 12.6. The molecule has 0 bridgehead atoms. The van der Waals surface area contributed by atoms with E-state index in [-0.39, 0.29) is 5.92 Å². The largest absolute Gasteiger partial charge is 0.381 e. The summed E-state index contributed by atoms with van der Waals surface area (Å²) in [6, 6.07) is 0. The Morgan fingerprint density at radius 2 is 2.12 bits per heavy atom. The molecule has 1 saturated heterocycles. The van der Waals surface area contributed by atoms with Crippen molar-refractivity contribution in [3.05, 3.63) is 11.6 Å². The number of carbonyl (C=O) groups excluding carboxylic acids is 1. The van der Waals surface area contributed by atoms with E-state index < -0.39 is 0 Å². The Balaban J connectivity index is 1.94. The Bertz CT molecular complexity index is 303. The second-order valence-electron chi connectivity index (χ2n) is 5.37. The minimum atomic E-state index is 0.204. The van der Waals surface area contributed by atoms with Crippen LogP contribution in [0.4, 0.5) is 0 Å². The van der Waals surface area contributed by atoms with E-state index in [9.17, 15) is 4.79 Å². The molecule has 3 heteroatoms. The van der Waals surface area contributed by atoms with Gasteiger partial charge < -0.3 is 9.64 Å². The fourth-order valence-corrected chi connectivity index (χ4v) is 2.58. The first-order valence-corrected chi connectivity index (χ1v) is 6.74. The SMILES string of the molecule is CC(C)C1=CCCN(C(=O)C2CCOCC2)C1. The predicted octanol–water partition coefficient (Wildman–Crippen LogP) is 2.23. The lowest BCUT2D eigenvalue weighted by Gasteiger charge is -2.33. The van der Waals surface area contributed by atoms with E-state index in [4.69, 9.17) is 4.74 Å². The summed E-state index contributed by atoms with van der Waals surface area (Å²) in [6.45, 7) is 7.64. The smallest absolute Gasteiger partial charge is 0.226 e. The maximum absolute atomic E-state index is 12.4. The van der Waals surface area contributed by atoms with Crippen LogP contribution < -0.4 is 0 Å². The van der Waals surface area contributed by atoms with Gasteiger partial charge in [0, 0.05) is 32.2 Å². The molecule has 1 amide bonds. The third-order valence-electron chi connectivity index (χ3n) is 3.80. The molecule has 17 heavy (non-hydrogen) atoms. The van der Waals surface area contributed by atoms with Gasteiger partial charge >= 0.3 is 0 Å². The van der Waals surface area contributed by atoms with Gasteiger partial charge in [-0.3, -0.25) is 4.79 Å². The molecule has 0 radical (unpaired) electrons. The van der Waals surface area contributed by atoms with Gasteiger partial charge in [-0.05, 0) is 25.2 Å². The van der Waals surface area contributed by atoms with E-state index in [1.807, 2.05) is 4.90 Å². The van der Waals surface area contributed by atoms with Crippen LogP contribution in [-0.4, -0.2) is 37.1 Å². The molecular weight excluding hydrogens is 214 g/mol. The van der Waals surface area contributed by atoms with Crippen LogP contribution in [0.15, 0.2) is 11.6 Å². The van der Waals surface area contributed by atoms with Gasteiger partial charge in [-0.15, -0.1) is 0 Å². The molecule has 0 aromatic carbocycles. The summed E-state index contributed by atoms with van der Waals surface area (Å²) in [5.74, 6) is 1.11. The third kappa shape index (κ3) is 3.09. The zero-order valence-electron chi connectivity index (χ0n) is 10.9. The van der Waals surface area contributed by atoms with Crippen LogP contribution in [0.3, 0.4) is 0 Å². The van der Waals surface area contributed by atoms with Gasteiger partial charge in [-0.25, -0.2) is 0 Å². The summed E-state index contributed by atoms with van der Waals surface area (Å²) in [7, 11) is 0. The fourth-order valence-electron chi connectivity index (χ4n) is 2.58. The lowest BCUT2D eigenvalue weighted by atomic mass is 9.95. The standard InChI is InChI=1S/C14H23NO2/c1-11(2)13-4-3-7-15(10-13)14(16)12-5-8-17-9-6-12/h4,11-12H,3,5-10H2,1-2H3. The summed E-state index contributed by atoms with van der Waals surface area (Å²) in [6.07, 6.45) is 5.12. The van der Waals surface area contributed by atoms with Crippen molar-refractivity contribution in [3.8, 4) is 0 Å². The van der Waals surface area contributed by atoms with Gasteiger partial charge in [-0.1, -0.05) is 25.5 Å². The maximum Gasteiger partial charge on any atom is 0.226 e. The highest BCUT2D eigenvalue weighted by molar-refractivity contribution is 5.79. The first-order valence-electron chi connectivity index (χ1n) is 6.74. The van der Waals surface area contributed by atoms with E-state index >= 15 is 0 Å². The fraction of sp³-hybridized carbons (Fsp3) is 0.786. The van der Waals surface area contributed by atoms with Crippen LogP contribution in [0.1, 0.15) is 33.1 Å². The quantitative estimate of drug-likeness (QED) is 0.689. The molecule has 0 aromatic rings. The lowest BCUT2D eigenvalue weighted by molar-refractivity contribution is -0.138. The molecule has 2 heterocycles. The van der Waals surface area contributed by atoms with Crippen LogP contribution in [0.25, 0.3) is 0 Å². The van der Waals surface area contributed by atoms with E-state index in [1.165, 1.54) is 5.57 Å². The second kappa shape index (κ2) is 5.67. The number of ether oxygens (including phenoxy) is 1. The topological polar surface area (TPSA) is 29.5 Å². The van der Waals surface area contributed by atoms with Crippen LogP contribution >= 0.6 is 0 Å². The summed E-state index contributed by atoms with van der Waals surface area (Å²) >= 11 is 0. The van der Waals surface area contributed by atoms with Crippen LogP contribution in [0.2, 0.25) is 0 Å². The number of rotatable bonds is 2. The molecular formula is C14H23NO2. The molecule has 1 fully saturated rings. The van der Waals surface area contributed by atoms with Crippen molar-refractivity contribution in [2.24, 2.45) is 11.8 Å². The van der Waals surface area contributed by atoms with Crippen LogP contribution in [0, 0.1) is 11.8 Å². The lowest BCUT2D eigenvalue weighted by Crippen LogP contribution is -2.42. The van der Waals surface area contributed by atoms with Gasteiger partial charge in [0.1, 0.15) is 0 Å². The Kier molecular flexibility index (Phi) is 4.21. The maximum atomic E-state index is 12.4. The van der Waals surface area contributed by atoms with Gasteiger partial charge in [-0.2, -0.15) is 0 Å². The third-order valence-corrected chi connectivity index (χ3v) is 3.80. The van der Waals surface area contributed by atoms with Crippen LogP contribution in [0.5, 0.6) is 0 Å². The average Bonchev–Trinajstić information content (AvgIpc) is 2.39. The van der Waals surface area contributed by atoms with Crippen LogP contribution in [-0.2, 0) is 9.53 Å². The molecule has 2 aliphatic heterocycles. The molecule has 3 nitrogen and oxygen atoms in total. The Labute approximate surface area is 104 Å². The van der Waals surface area contributed by atoms with E-state index in [0.717, 1.165) is 45.6 Å². The van der Waals surface area contributed by atoms with Gasteiger partial charge in [0.25, 0.3) is 0 Å². The predicted molar refractivity (Wildman–Crippen MR) is 67.7 cm³/mol. The summed E-state index contributed by atoms with van der Waals surface area (Å²) in [4.78, 5) is 14.4. The number of nitrogens with zero attached hydrogens (tertiary/aromatic N) is 1. The molecule has 0 N–H and O–H groups in total. The number of hydrogen-bond acceptors (Lipinski definition) is 2. The van der Waals surface area contributed by atoms with Gasteiger partial charge in [0.15, 0.2) is 0 Å². The highest BCUT2D eigenvalue weighted by Crippen LogP contribution is 2.22. The number of hydrogen-bond donors (Lipinski definition) is 0. The molecule has 0 atom stereocenters. The van der Waals surface area contributed by atoms with E-state index in [2.05, 4.69) is 19.9 Å². The van der Waals surface area contributed by atoms with Crippen molar-refractivity contribution >= 4 is 5.91 Å². The first-order chi connectivity index (χ1) is 8.18. The Hall–Kier alpha value is -0.830. The molecule has 0 saturated carbocycles. The molecule has 2 aliphatic rings. The zero-order chi connectivity index (χ0) is 12.3. The highest BCUT2D eigenvalue weighted by atomic mass is 16.5. The van der Waals surface area contributed by atoms with Crippen molar-refractivity contribution in [3.63, 3.8) is 0 Å². The van der Waals surface area contributed by atoms with Crippen molar-refractivity contribution in [1.29, 1.82) is 0 Å². The molecule has 0 aliphatic carbocycles. The molecule has 96 valence electrons. The average molecular weight is 237 g/mol. The molecule has 0 spiro atoms.